The third kappa shape index (κ3) is 1.93. The summed E-state index contributed by atoms with van der Waals surface area (Å²) in [5.41, 5.74) is 3.28. The monoisotopic (exact) mass is 295 g/mol. The van der Waals surface area contributed by atoms with Crippen LogP contribution in [0.5, 0.6) is 0 Å². The van der Waals surface area contributed by atoms with Gasteiger partial charge in [-0.05, 0) is 42.3 Å². The number of aromatic nitrogens is 4. The van der Waals surface area contributed by atoms with Crippen LogP contribution in [0.4, 0.5) is 5.82 Å². The van der Waals surface area contributed by atoms with Gasteiger partial charge in [-0.25, -0.2) is 14.6 Å². The summed E-state index contributed by atoms with van der Waals surface area (Å²) in [5.74, 6) is 1.50. The fraction of sp³-hybridized carbons (Fsp3) is 0.364. The highest BCUT2D eigenvalue weighted by atomic mass is 79.9. The van der Waals surface area contributed by atoms with Crippen molar-refractivity contribution in [2.75, 3.05) is 12.4 Å². The molecule has 0 aliphatic rings. The molecule has 2 rings (SSSR count). The molecule has 17 heavy (non-hydrogen) atoms. The smallest absolute Gasteiger partial charge is 0.173 e. The van der Waals surface area contributed by atoms with Crippen LogP contribution in [0.15, 0.2) is 10.8 Å². The number of aryl methyl sites for hydroxylation is 1. The zero-order valence-electron chi connectivity index (χ0n) is 10.2. The first kappa shape index (κ1) is 12.0. The third-order valence-corrected chi connectivity index (χ3v) is 3.59. The molecule has 5 nitrogen and oxygen atoms in total. The summed E-state index contributed by atoms with van der Waals surface area (Å²) in [7, 11) is 1.82. The Kier molecular flexibility index (Phi) is 3.15. The van der Waals surface area contributed by atoms with E-state index >= 15 is 0 Å². The number of nitrogens with zero attached hydrogens (tertiary/aromatic N) is 4. The van der Waals surface area contributed by atoms with Gasteiger partial charge < -0.3 is 5.32 Å². The Labute approximate surface area is 108 Å². The van der Waals surface area contributed by atoms with Crippen molar-refractivity contribution in [3.63, 3.8) is 0 Å². The van der Waals surface area contributed by atoms with Crippen molar-refractivity contribution in [1.82, 2.24) is 19.7 Å². The predicted octanol–water partition coefficient (Wildman–Crippen LogP) is 2.39. The molecule has 0 amide bonds. The largest absolute Gasteiger partial charge is 0.372 e. The van der Waals surface area contributed by atoms with E-state index in [1.807, 2.05) is 25.6 Å². The molecule has 0 radical (unpaired) electrons. The average Bonchev–Trinajstić information content (AvgIpc) is 2.57. The summed E-state index contributed by atoms with van der Waals surface area (Å²) in [5, 5.41) is 7.49. The second-order valence-corrected chi connectivity index (χ2v) is 4.61. The number of anilines is 1. The lowest BCUT2D eigenvalue weighted by Crippen LogP contribution is -2.06. The lowest BCUT2D eigenvalue weighted by molar-refractivity contribution is 0.796. The Hall–Kier alpha value is -1.43. The molecule has 2 aromatic rings. The van der Waals surface area contributed by atoms with Gasteiger partial charge in [-0.2, -0.15) is 5.10 Å². The molecule has 0 unspecified atom stereocenters. The minimum atomic E-state index is 0.748. The Morgan fingerprint density at radius 3 is 2.47 bits per heavy atom. The fourth-order valence-electron chi connectivity index (χ4n) is 1.61. The number of hydrogen-bond donors (Lipinski definition) is 1. The van der Waals surface area contributed by atoms with Gasteiger partial charge >= 0.3 is 0 Å². The lowest BCUT2D eigenvalue weighted by Gasteiger charge is -2.08. The standard InChI is InChI=1S/C11H14BrN5/c1-6-7(2)16-17(8(6)3)11-9(12)10(13-4)14-5-15-11/h5H,1-4H3,(H,13,14,15). The molecule has 0 atom stereocenters. The first-order valence-corrected chi connectivity index (χ1v) is 6.07. The van der Waals surface area contributed by atoms with Crippen LogP contribution in [0, 0.1) is 20.8 Å². The molecule has 0 bridgehead atoms. The topological polar surface area (TPSA) is 55.6 Å². The minimum absolute atomic E-state index is 0.748. The number of hydrogen-bond acceptors (Lipinski definition) is 4. The van der Waals surface area contributed by atoms with Gasteiger partial charge in [0.05, 0.1) is 5.69 Å². The lowest BCUT2D eigenvalue weighted by atomic mass is 10.2. The van der Waals surface area contributed by atoms with E-state index < -0.39 is 0 Å². The second-order valence-electron chi connectivity index (χ2n) is 3.82. The van der Waals surface area contributed by atoms with Crippen LogP contribution in [0.2, 0.25) is 0 Å². The Morgan fingerprint density at radius 2 is 1.94 bits per heavy atom. The molecule has 0 aromatic carbocycles. The van der Waals surface area contributed by atoms with Gasteiger partial charge in [0.15, 0.2) is 5.82 Å². The molecule has 0 saturated heterocycles. The molecular weight excluding hydrogens is 282 g/mol. The zero-order chi connectivity index (χ0) is 12.6. The zero-order valence-corrected chi connectivity index (χ0v) is 11.8. The van der Waals surface area contributed by atoms with E-state index in [1.165, 1.54) is 11.9 Å². The van der Waals surface area contributed by atoms with E-state index in [0.29, 0.717) is 0 Å². The van der Waals surface area contributed by atoms with Crippen molar-refractivity contribution in [2.24, 2.45) is 0 Å². The maximum Gasteiger partial charge on any atom is 0.173 e. The molecule has 6 heteroatoms. The first-order chi connectivity index (χ1) is 8.06. The summed E-state index contributed by atoms with van der Waals surface area (Å²) in [6.07, 6.45) is 1.53. The van der Waals surface area contributed by atoms with Crippen molar-refractivity contribution in [2.45, 2.75) is 20.8 Å². The van der Waals surface area contributed by atoms with Gasteiger partial charge in [-0.1, -0.05) is 0 Å². The van der Waals surface area contributed by atoms with Crippen molar-refractivity contribution >= 4 is 21.7 Å². The number of halogens is 1. The predicted molar refractivity (Wildman–Crippen MR) is 70.6 cm³/mol. The van der Waals surface area contributed by atoms with Gasteiger partial charge in [-0.3, -0.25) is 0 Å². The molecule has 90 valence electrons. The summed E-state index contributed by atoms with van der Waals surface area (Å²) in [6.45, 7) is 6.08. The Bertz CT molecular complexity index is 561. The fourth-order valence-corrected chi connectivity index (χ4v) is 2.18. The van der Waals surface area contributed by atoms with E-state index in [4.69, 9.17) is 0 Å². The summed E-state index contributed by atoms with van der Waals surface area (Å²) < 4.78 is 2.64. The molecule has 0 saturated carbocycles. The van der Waals surface area contributed by atoms with E-state index in [0.717, 1.165) is 27.5 Å². The molecule has 1 N–H and O–H groups in total. The highest BCUT2D eigenvalue weighted by Gasteiger charge is 2.14. The average molecular weight is 296 g/mol. The molecule has 0 fully saturated rings. The highest BCUT2D eigenvalue weighted by Crippen LogP contribution is 2.26. The maximum atomic E-state index is 4.48. The molecule has 2 aromatic heterocycles. The van der Waals surface area contributed by atoms with Crippen LogP contribution in [0.25, 0.3) is 5.82 Å². The quantitative estimate of drug-likeness (QED) is 0.924. The first-order valence-electron chi connectivity index (χ1n) is 5.27. The van der Waals surface area contributed by atoms with E-state index in [-0.39, 0.29) is 0 Å². The maximum absolute atomic E-state index is 4.48. The van der Waals surface area contributed by atoms with Gasteiger partial charge in [0, 0.05) is 12.7 Å². The van der Waals surface area contributed by atoms with Crippen molar-refractivity contribution in [3.05, 3.63) is 27.8 Å². The van der Waals surface area contributed by atoms with Crippen LogP contribution in [-0.2, 0) is 0 Å². The van der Waals surface area contributed by atoms with E-state index in [1.54, 1.807) is 0 Å². The summed E-state index contributed by atoms with van der Waals surface area (Å²) >= 11 is 3.50. The molecule has 0 aliphatic heterocycles. The highest BCUT2D eigenvalue weighted by molar-refractivity contribution is 9.10. The summed E-state index contributed by atoms with van der Waals surface area (Å²) in [4.78, 5) is 8.41. The SMILES string of the molecule is CNc1ncnc(-n2nc(C)c(C)c2C)c1Br. The second kappa shape index (κ2) is 4.44. The number of nitrogens with one attached hydrogen (secondary N) is 1. The Morgan fingerprint density at radius 1 is 1.24 bits per heavy atom. The van der Waals surface area contributed by atoms with Crippen LogP contribution >= 0.6 is 15.9 Å². The van der Waals surface area contributed by atoms with E-state index in [2.05, 4.69) is 43.2 Å². The van der Waals surface area contributed by atoms with Crippen molar-refractivity contribution in [3.8, 4) is 5.82 Å². The molecule has 0 spiro atoms. The van der Waals surface area contributed by atoms with Crippen LogP contribution in [0.1, 0.15) is 17.0 Å². The van der Waals surface area contributed by atoms with Crippen LogP contribution in [0.3, 0.4) is 0 Å². The van der Waals surface area contributed by atoms with Gasteiger partial charge in [0.25, 0.3) is 0 Å². The minimum Gasteiger partial charge on any atom is -0.372 e. The van der Waals surface area contributed by atoms with Crippen molar-refractivity contribution < 1.29 is 0 Å². The third-order valence-electron chi connectivity index (χ3n) is 2.86. The van der Waals surface area contributed by atoms with Crippen molar-refractivity contribution in [1.29, 1.82) is 0 Å². The van der Waals surface area contributed by atoms with Gasteiger partial charge in [0.1, 0.15) is 16.6 Å². The van der Waals surface area contributed by atoms with Crippen LogP contribution in [-0.4, -0.2) is 26.8 Å². The number of rotatable bonds is 2. The van der Waals surface area contributed by atoms with Crippen LogP contribution < -0.4 is 5.32 Å². The molecule has 2 heterocycles. The van der Waals surface area contributed by atoms with Gasteiger partial charge in [0.2, 0.25) is 0 Å². The normalized spacial score (nSPS) is 10.6. The molecule has 0 aliphatic carbocycles. The van der Waals surface area contributed by atoms with E-state index in [9.17, 15) is 0 Å². The summed E-state index contributed by atoms with van der Waals surface area (Å²) in [6, 6.07) is 0. The van der Waals surface area contributed by atoms with Gasteiger partial charge in [-0.15, -0.1) is 0 Å². The molecular formula is C11H14BrN5. The Balaban J connectivity index is 2.64.